The lowest BCUT2D eigenvalue weighted by atomic mass is 10.1. The molecular weight excluding hydrogens is 410 g/mol. The summed E-state index contributed by atoms with van der Waals surface area (Å²) in [6.07, 6.45) is 6.36. The van der Waals surface area contributed by atoms with Crippen molar-refractivity contribution in [2.75, 3.05) is 61.1 Å². The zero-order chi connectivity index (χ0) is 22.2. The molecule has 3 aliphatic rings. The summed E-state index contributed by atoms with van der Waals surface area (Å²) in [5, 5.41) is 1.20. The maximum absolute atomic E-state index is 5.61. The lowest BCUT2D eigenvalue weighted by molar-refractivity contribution is 0.413. The van der Waals surface area contributed by atoms with E-state index in [1.807, 2.05) is 12.1 Å². The van der Waals surface area contributed by atoms with E-state index in [1.165, 1.54) is 48.9 Å². The van der Waals surface area contributed by atoms with Gasteiger partial charge in [0.2, 0.25) is 0 Å². The maximum atomic E-state index is 5.61. The fourth-order valence-corrected chi connectivity index (χ4v) is 5.28. The molecule has 0 radical (unpaired) electrons. The van der Waals surface area contributed by atoms with Crippen LogP contribution in [-0.4, -0.2) is 56.3 Å². The molecule has 1 saturated carbocycles. The molecule has 2 aromatic carbocycles. The fraction of sp³-hybridized carbons (Fsp3) is 0.481. The first-order valence-electron chi connectivity index (χ1n) is 12.5. The summed E-state index contributed by atoms with van der Waals surface area (Å²) < 4.78 is 5.61. The number of para-hydroxylation sites is 2. The lowest BCUT2D eigenvalue weighted by Gasteiger charge is -2.37. The van der Waals surface area contributed by atoms with Crippen LogP contribution in [0.15, 0.2) is 42.5 Å². The number of benzene rings is 2. The van der Waals surface area contributed by atoms with Crippen LogP contribution in [0.4, 0.5) is 17.2 Å². The summed E-state index contributed by atoms with van der Waals surface area (Å²) in [5.41, 5.74) is 3.59. The van der Waals surface area contributed by atoms with Crippen molar-refractivity contribution in [2.45, 2.75) is 38.0 Å². The molecule has 0 bridgehead atoms. The third-order valence-corrected chi connectivity index (χ3v) is 7.35. The van der Waals surface area contributed by atoms with Crippen molar-refractivity contribution in [1.29, 1.82) is 0 Å². The maximum Gasteiger partial charge on any atom is 0.142 e. The summed E-state index contributed by atoms with van der Waals surface area (Å²) >= 11 is 0. The van der Waals surface area contributed by atoms with Crippen molar-refractivity contribution in [3.63, 3.8) is 0 Å². The molecule has 2 aliphatic heterocycles. The van der Waals surface area contributed by atoms with Gasteiger partial charge in [-0.2, -0.15) is 0 Å². The van der Waals surface area contributed by atoms with Gasteiger partial charge in [0.15, 0.2) is 0 Å². The molecule has 3 fully saturated rings. The summed E-state index contributed by atoms with van der Waals surface area (Å²) in [4.78, 5) is 17.6. The van der Waals surface area contributed by atoms with Crippen LogP contribution in [0.1, 0.15) is 43.8 Å². The lowest BCUT2D eigenvalue weighted by Crippen LogP contribution is -2.47. The van der Waals surface area contributed by atoms with Crippen molar-refractivity contribution in [3.05, 3.63) is 48.3 Å². The highest BCUT2D eigenvalue weighted by molar-refractivity contribution is 5.92. The highest BCUT2D eigenvalue weighted by Crippen LogP contribution is 2.40. The number of fused-ring (bicyclic) bond motifs is 1. The Morgan fingerprint density at radius 3 is 2.30 bits per heavy atom. The van der Waals surface area contributed by atoms with Gasteiger partial charge in [-0.25, -0.2) is 9.97 Å². The van der Waals surface area contributed by atoms with Crippen LogP contribution in [0.3, 0.4) is 0 Å². The molecular formula is C27H33N5O. The van der Waals surface area contributed by atoms with E-state index in [4.69, 9.17) is 14.7 Å². The highest BCUT2D eigenvalue weighted by Gasteiger charge is 2.29. The van der Waals surface area contributed by atoms with Crippen molar-refractivity contribution in [1.82, 2.24) is 9.97 Å². The summed E-state index contributed by atoms with van der Waals surface area (Å²) in [7, 11) is 1.75. The number of methoxy groups -OCH3 is 1. The van der Waals surface area contributed by atoms with E-state index in [9.17, 15) is 0 Å². The van der Waals surface area contributed by atoms with Gasteiger partial charge in [-0.15, -0.1) is 0 Å². The summed E-state index contributed by atoms with van der Waals surface area (Å²) in [5.74, 6) is 3.65. The fourth-order valence-electron chi connectivity index (χ4n) is 5.28. The molecule has 0 N–H and O–H groups in total. The number of hydrogen-bond donors (Lipinski definition) is 0. The van der Waals surface area contributed by atoms with Crippen molar-refractivity contribution in [2.24, 2.45) is 0 Å². The largest absolute Gasteiger partial charge is 0.495 e. The number of aromatic nitrogens is 2. The number of ether oxygens (including phenoxy) is 1. The molecule has 1 aliphatic carbocycles. The number of anilines is 3. The smallest absolute Gasteiger partial charge is 0.142 e. The molecule has 1 aromatic heterocycles. The first-order chi connectivity index (χ1) is 16.3. The number of nitrogens with zero attached hydrogens (tertiary/aromatic N) is 5. The number of piperidine rings is 1. The van der Waals surface area contributed by atoms with E-state index in [2.05, 4.69) is 45.0 Å². The van der Waals surface area contributed by atoms with Crippen LogP contribution in [0, 0.1) is 0 Å². The Bertz CT molecular complexity index is 1130. The van der Waals surface area contributed by atoms with Crippen LogP contribution in [0.5, 0.6) is 5.75 Å². The Labute approximate surface area is 196 Å². The minimum atomic E-state index is 0.546. The topological polar surface area (TPSA) is 44.7 Å². The standard InChI is InChI=1S/C27H33N5O/c1-33-25-8-4-3-7-24(25)31-15-17-32(18-16-31)27-22-19-21(30-13-5-2-6-14-30)11-12-23(22)28-26(29-27)20-9-10-20/h3-4,7-8,11-12,19-20H,2,5-6,9-10,13-18H2,1H3. The number of rotatable bonds is 5. The molecule has 33 heavy (non-hydrogen) atoms. The predicted octanol–water partition coefficient (Wildman–Crippen LogP) is 4.83. The van der Waals surface area contributed by atoms with Crippen LogP contribution in [0.25, 0.3) is 10.9 Å². The minimum absolute atomic E-state index is 0.546. The van der Waals surface area contributed by atoms with Gasteiger partial charge in [0.05, 0.1) is 18.3 Å². The van der Waals surface area contributed by atoms with Crippen molar-refractivity contribution < 1.29 is 4.74 Å². The number of piperazine rings is 1. The Kier molecular flexibility index (Phi) is 5.44. The predicted molar refractivity (Wildman–Crippen MR) is 135 cm³/mol. The van der Waals surface area contributed by atoms with E-state index in [0.717, 1.165) is 62.2 Å². The first-order valence-corrected chi connectivity index (χ1v) is 12.5. The molecule has 2 saturated heterocycles. The molecule has 3 heterocycles. The molecule has 6 rings (SSSR count). The van der Waals surface area contributed by atoms with Crippen LogP contribution in [-0.2, 0) is 0 Å². The van der Waals surface area contributed by atoms with Crippen LogP contribution in [0.2, 0.25) is 0 Å². The van der Waals surface area contributed by atoms with Gasteiger partial charge in [-0.1, -0.05) is 12.1 Å². The van der Waals surface area contributed by atoms with Gasteiger partial charge in [0.25, 0.3) is 0 Å². The third kappa shape index (κ3) is 4.07. The normalized spacial score (nSPS) is 19.2. The third-order valence-electron chi connectivity index (χ3n) is 7.35. The van der Waals surface area contributed by atoms with E-state index < -0.39 is 0 Å². The molecule has 0 amide bonds. The van der Waals surface area contributed by atoms with E-state index in [0.29, 0.717) is 5.92 Å². The Morgan fingerprint density at radius 2 is 1.55 bits per heavy atom. The van der Waals surface area contributed by atoms with Gasteiger partial charge in [0.1, 0.15) is 17.4 Å². The van der Waals surface area contributed by atoms with Gasteiger partial charge in [-0.3, -0.25) is 0 Å². The zero-order valence-corrected chi connectivity index (χ0v) is 19.5. The summed E-state index contributed by atoms with van der Waals surface area (Å²) in [6, 6.07) is 15.2. The second-order valence-electron chi connectivity index (χ2n) is 9.57. The average Bonchev–Trinajstić information content (AvgIpc) is 3.74. The second kappa shape index (κ2) is 8.73. The molecule has 3 aromatic rings. The molecule has 0 unspecified atom stereocenters. The van der Waals surface area contributed by atoms with Gasteiger partial charge in [-0.05, 0) is 62.4 Å². The number of hydrogen-bond acceptors (Lipinski definition) is 6. The molecule has 6 heteroatoms. The van der Waals surface area contributed by atoms with E-state index in [-0.39, 0.29) is 0 Å². The SMILES string of the molecule is COc1ccccc1N1CCN(c2nc(C3CC3)nc3ccc(N4CCCCC4)cc23)CC1. The Hall–Kier alpha value is -3.02. The van der Waals surface area contributed by atoms with Gasteiger partial charge in [0, 0.05) is 56.3 Å². The van der Waals surface area contributed by atoms with Crippen LogP contribution >= 0.6 is 0 Å². The Morgan fingerprint density at radius 1 is 0.788 bits per heavy atom. The van der Waals surface area contributed by atoms with Crippen LogP contribution < -0.4 is 19.4 Å². The zero-order valence-electron chi connectivity index (χ0n) is 19.5. The molecule has 6 nitrogen and oxygen atoms in total. The summed E-state index contributed by atoms with van der Waals surface area (Å²) in [6.45, 7) is 6.11. The van der Waals surface area contributed by atoms with Crippen molar-refractivity contribution >= 4 is 28.1 Å². The first kappa shape index (κ1) is 20.6. The van der Waals surface area contributed by atoms with E-state index >= 15 is 0 Å². The molecule has 172 valence electrons. The highest BCUT2D eigenvalue weighted by atomic mass is 16.5. The molecule has 0 spiro atoms. The minimum Gasteiger partial charge on any atom is -0.495 e. The monoisotopic (exact) mass is 443 g/mol. The quantitative estimate of drug-likeness (QED) is 0.563. The second-order valence-corrected chi connectivity index (χ2v) is 9.57. The van der Waals surface area contributed by atoms with Gasteiger partial charge >= 0.3 is 0 Å². The average molecular weight is 444 g/mol. The van der Waals surface area contributed by atoms with Crippen molar-refractivity contribution in [3.8, 4) is 5.75 Å². The molecule has 0 atom stereocenters. The van der Waals surface area contributed by atoms with E-state index in [1.54, 1.807) is 7.11 Å². The van der Waals surface area contributed by atoms with Gasteiger partial charge < -0.3 is 19.4 Å². The Balaban J connectivity index is 1.31.